The molecule has 24 heavy (non-hydrogen) atoms. The molecule has 3 rings (SSSR count). The maximum absolute atomic E-state index is 12.5. The molecule has 0 spiro atoms. The fraction of sp³-hybridized carbons (Fsp3) is 0.632. The fourth-order valence-electron chi connectivity index (χ4n) is 3.56. The number of likely N-dealkylation sites (tertiary alicyclic amines) is 1. The number of halogens is 1. The first-order valence-electron chi connectivity index (χ1n) is 8.98. The summed E-state index contributed by atoms with van der Waals surface area (Å²) in [5, 5.41) is 3.32. The number of rotatable bonds is 6. The van der Waals surface area contributed by atoms with Gasteiger partial charge in [-0.05, 0) is 50.8 Å². The van der Waals surface area contributed by atoms with Crippen LogP contribution in [0, 0.1) is 5.92 Å². The highest BCUT2D eigenvalue weighted by atomic mass is 35.5. The largest absolute Gasteiger partial charge is 0.376 e. The summed E-state index contributed by atoms with van der Waals surface area (Å²) in [6, 6.07) is 10.5. The van der Waals surface area contributed by atoms with E-state index in [4.69, 9.17) is 4.74 Å². The van der Waals surface area contributed by atoms with Gasteiger partial charge in [0.2, 0.25) is 5.91 Å². The van der Waals surface area contributed by atoms with E-state index in [0.29, 0.717) is 5.91 Å². The lowest BCUT2D eigenvalue weighted by atomic mass is 9.97. The number of nitrogens with one attached hydrogen (secondary N) is 1. The number of hydrogen-bond acceptors (Lipinski definition) is 3. The van der Waals surface area contributed by atoms with E-state index >= 15 is 0 Å². The zero-order chi connectivity index (χ0) is 15.9. The highest BCUT2D eigenvalue weighted by Crippen LogP contribution is 2.20. The van der Waals surface area contributed by atoms with Crippen molar-refractivity contribution in [1.82, 2.24) is 10.2 Å². The van der Waals surface area contributed by atoms with Crippen LogP contribution in [0.2, 0.25) is 0 Å². The van der Waals surface area contributed by atoms with Crippen molar-refractivity contribution in [3.05, 3.63) is 35.9 Å². The van der Waals surface area contributed by atoms with Crippen LogP contribution in [0.3, 0.4) is 0 Å². The third-order valence-electron chi connectivity index (χ3n) is 4.95. The number of piperidine rings is 1. The Hall–Kier alpha value is -1.10. The lowest BCUT2D eigenvalue weighted by molar-refractivity contribution is -0.135. The van der Waals surface area contributed by atoms with Gasteiger partial charge >= 0.3 is 0 Å². The highest BCUT2D eigenvalue weighted by molar-refractivity contribution is 5.85. The van der Waals surface area contributed by atoms with Crippen LogP contribution in [0.15, 0.2) is 30.3 Å². The van der Waals surface area contributed by atoms with Crippen LogP contribution >= 0.6 is 12.4 Å². The maximum Gasteiger partial charge on any atom is 0.225 e. The van der Waals surface area contributed by atoms with Crippen molar-refractivity contribution in [3.8, 4) is 0 Å². The van der Waals surface area contributed by atoms with Gasteiger partial charge in [-0.2, -0.15) is 0 Å². The molecule has 0 bridgehead atoms. The Kier molecular flexibility index (Phi) is 8.03. The van der Waals surface area contributed by atoms with Crippen molar-refractivity contribution in [2.45, 2.75) is 38.2 Å². The number of aryl methyl sites for hydroxylation is 1. The van der Waals surface area contributed by atoms with Gasteiger partial charge in [-0.3, -0.25) is 4.79 Å². The minimum Gasteiger partial charge on any atom is -0.376 e. The quantitative estimate of drug-likeness (QED) is 0.800. The Morgan fingerprint density at radius 3 is 2.67 bits per heavy atom. The third kappa shape index (κ3) is 5.47. The van der Waals surface area contributed by atoms with Crippen LogP contribution in [-0.4, -0.2) is 49.7 Å². The van der Waals surface area contributed by atoms with Crippen LogP contribution in [-0.2, 0) is 16.0 Å². The summed E-state index contributed by atoms with van der Waals surface area (Å²) >= 11 is 0. The molecular weight excluding hydrogens is 324 g/mol. The molecule has 0 saturated carbocycles. The molecule has 4 nitrogen and oxygen atoms in total. The molecule has 2 aliphatic heterocycles. The smallest absolute Gasteiger partial charge is 0.225 e. The molecule has 2 aliphatic rings. The van der Waals surface area contributed by atoms with E-state index in [0.717, 1.165) is 64.9 Å². The number of hydrogen-bond donors (Lipinski definition) is 1. The molecule has 2 heterocycles. The van der Waals surface area contributed by atoms with Crippen molar-refractivity contribution in [1.29, 1.82) is 0 Å². The molecule has 1 atom stereocenters. The van der Waals surface area contributed by atoms with Gasteiger partial charge < -0.3 is 15.0 Å². The minimum atomic E-state index is 0. The van der Waals surface area contributed by atoms with Gasteiger partial charge in [-0.1, -0.05) is 30.3 Å². The van der Waals surface area contributed by atoms with Crippen LogP contribution in [0.1, 0.15) is 31.2 Å². The molecule has 1 aromatic rings. The predicted octanol–water partition coefficient (Wildman–Crippen LogP) is 2.66. The van der Waals surface area contributed by atoms with Gasteiger partial charge in [0.05, 0.1) is 6.10 Å². The molecule has 0 aromatic heterocycles. The maximum atomic E-state index is 12.5. The molecule has 2 fully saturated rings. The van der Waals surface area contributed by atoms with Crippen molar-refractivity contribution < 1.29 is 9.53 Å². The number of nitrogens with zero attached hydrogens (tertiary/aromatic N) is 1. The SMILES string of the molecule is Cl.O=C(C1CCNCC1)N1CCC(OCCCc2ccccc2)C1. The summed E-state index contributed by atoms with van der Waals surface area (Å²) in [7, 11) is 0. The second kappa shape index (κ2) is 10.0. The Labute approximate surface area is 151 Å². The fourth-order valence-corrected chi connectivity index (χ4v) is 3.56. The molecule has 0 radical (unpaired) electrons. The first-order valence-corrected chi connectivity index (χ1v) is 8.98. The van der Waals surface area contributed by atoms with Crippen LogP contribution < -0.4 is 5.32 Å². The molecule has 1 unspecified atom stereocenters. The summed E-state index contributed by atoms with van der Waals surface area (Å²) in [5.41, 5.74) is 1.37. The second-order valence-electron chi connectivity index (χ2n) is 6.68. The molecule has 1 N–H and O–H groups in total. The molecule has 134 valence electrons. The van der Waals surface area contributed by atoms with Crippen molar-refractivity contribution in [3.63, 3.8) is 0 Å². The average molecular weight is 353 g/mol. The number of benzene rings is 1. The van der Waals surface area contributed by atoms with E-state index in [2.05, 4.69) is 29.6 Å². The van der Waals surface area contributed by atoms with E-state index < -0.39 is 0 Å². The lowest BCUT2D eigenvalue weighted by Crippen LogP contribution is -2.40. The standard InChI is InChI=1S/C19H28N2O2.ClH/c22-19(17-8-11-20-12-9-17)21-13-10-18(15-21)23-14-4-7-16-5-2-1-3-6-16;/h1-3,5-6,17-18,20H,4,7-15H2;1H. The van der Waals surface area contributed by atoms with Gasteiger partial charge in [-0.25, -0.2) is 0 Å². The van der Waals surface area contributed by atoms with E-state index in [1.165, 1.54) is 5.56 Å². The monoisotopic (exact) mass is 352 g/mol. The zero-order valence-corrected chi connectivity index (χ0v) is 15.1. The van der Waals surface area contributed by atoms with Crippen molar-refractivity contribution in [2.24, 2.45) is 5.92 Å². The Bertz CT molecular complexity index is 491. The zero-order valence-electron chi connectivity index (χ0n) is 14.3. The molecule has 5 heteroatoms. The topological polar surface area (TPSA) is 41.6 Å². The normalized spacial score (nSPS) is 21.5. The Morgan fingerprint density at radius 1 is 1.17 bits per heavy atom. The number of carbonyl (C=O) groups excluding carboxylic acids is 1. The van der Waals surface area contributed by atoms with Crippen LogP contribution in [0.5, 0.6) is 0 Å². The van der Waals surface area contributed by atoms with Crippen LogP contribution in [0.4, 0.5) is 0 Å². The summed E-state index contributed by atoms with van der Waals surface area (Å²) < 4.78 is 5.99. The first-order chi connectivity index (χ1) is 11.3. The number of amides is 1. The van der Waals surface area contributed by atoms with Crippen molar-refractivity contribution >= 4 is 18.3 Å². The second-order valence-corrected chi connectivity index (χ2v) is 6.68. The number of ether oxygens (including phenoxy) is 1. The van der Waals surface area contributed by atoms with Crippen LogP contribution in [0.25, 0.3) is 0 Å². The van der Waals surface area contributed by atoms with Crippen molar-refractivity contribution in [2.75, 3.05) is 32.8 Å². The average Bonchev–Trinajstić information content (AvgIpc) is 3.09. The molecule has 1 amide bonds. The molecular formula is C19H29ClN2O2. The van der Waals surface area contributed by atoms with E-state index in [-0.39, 0.29) is 24.4 Å². The summed E-state index contributed by atoms with van der Waals surface area (Å²) in [4.78, 5) is 14.5. The predicted molar refractivity (Wildman–Crippen MR) is 98.5 cm³/mol. The lowest BCUT2D eigenvalue weighted by Gasteiger charge is -2.26. The van der Waals surface area contributed by atoms with Gasteiger partial charge in [0.1, 0.15) is 0 Å². The Morgan fingerprint density at radius 2 is 1.92 bits per heavy atom. The highest BCUT2D eigenvalue weighted by Gasteiger charge is 2.31. The summed E-state index contributed by atoms with van der Waals surface area (Å²) in [6.45, 7) is 4.39. The summed E-state index contributed by atoms with van der Waals surface area (Å²) in [5.74, 6) is 0.579. The molecule has 0 aliphatic carbocycles. The van der Waals surface area contributed by atoms with Gasteiger partial charge in [0.25, 0.3) is 0 Å². The van der Waals surface area contributed by atoms with E-state index in [9.17, 15) is 4.79 Å². The van der Waals surface area contributed by atoms with Gasteiger partial charge in [-0.15, -0.1) is 12.4 Å². The first kappa shape index (κ1) is 19.2. The summed E-state index contributed by atoms with van der Waals surface area (Å²) in [6.07, 6.45) is 5.29. The van der Waals surface area contributed by atoms with E-state index in [1.807, 2.05) is 11.0 Å². The molecule has 1 aromatic carbocycles. The third-order valence-corrected chi connectivity index (χ3v) is 4.95. The van der Waals surface area contributed by atoms with Gasteiger partial charge in [0.15, 0.2) is 0 Å². The van der Waals surface area contributed by atoms with E-state index in [1.54, 1.807) is 0 Å². The van der Waals surface area contributed by atoms with Gasteiger partial charge in [0, 0.05) is 25.6 Å². The molecule has 2 saturated heterocycles. The minimum absolute atomic E-state index is 0. The Balaban J connectivity index is 0.00000208. The number of carbonyl (C=O) groups is 1.